The van der Waals surface area contributed by atoms with E-state index < -0.39 is 0 Å². The number of carbonyl (C=O) groups excluding carboxylic acids is 1. The minimum Gasteiger partial charge on any atom is -0.378 e. The third-order valence-electron chi connectivity index (χ3n) is 7.34. The number of aromatic nitrogens is 4. The minimum absolute atomic E-state index is 0.103. The van der Waals surface area contributed by atoms with Gasteiger partial charge in [-0.2, -0.15) is 4.98 Å². The molecule has 4 aromatic rings. The van der Waals surface area contributed by atoms with Gasteiger partial charge in [-0.3, -0.25) is 4.79 Å². The standard InChI is InChI=1S/C29H31N7O2/c1-18-5-4-6-19(2)26(18)33-28(37)22-9-10-36-24(22)8-7-21-16-31-29(34-27(21)36)32-23-17-30-25(15-20(23)3)35-11-13-38-14-12-35/h4-6,9-10,15-17H,7-8,11-14H2,1-3H3,(H,33,37)(H,31,32,34). The average Bonchev–Trinajstić information content (AvgIpc) is 3.37. The minimum atomic E-state index is -0.103. The molecule has 0 saturated carbocycles. The van der Waals surface area contributed by atoms with Crippen LogP contribution in [-0.4, -0.2) is 51.7 Å². The lowest BCUT2D eigenvalue weighted by atomic mass is 10.0. The van der Waals surface area contributed by atoms with E-state index in [9.17, 15) is 4.79 Å². The van der Waals surface area contributed by atoms with Crippen LogP contribution in [0.25, 0.3) is 5.82 Å². The molecule has 0 radical (unpaired) electrons. The van der Waals surface area contributed by atoms with E-state index in [4.69, 9.17) is 9.72 Å². The van der Waals surface area contributed by atoms with Gasteiger partial charge in [0.2, 0.25) is 5.95 Å². The van der Waals surface area contributed by atoms with Crippen molar-refractivity contribution in [3.8, 4) is 5.82 Å². The highest BCUT2D eigenvalue weighted by Gasteiger charge is 2.24. The Hall–Kier alpha value is -4.24. The number of para-hydroxylation sites is 1. The number of fused-ring (bicyclic) bond motifs is 3. The van der Waals surface area contributed by atoms with Gasteiger partial charge in [0.15, 0.2) is 0 Å². The van der Waals surface area contributed by atoms with Crippen LogP contribution in [0.5, 0.6) is 0 Å². The Labute approximate surface area is 221 Å². The zero-order valence-electron chi connectivity index (χ0n) is 21.9. The number of carbonyl (C=O) groups is 1. The van der Waals surface area contributed by atoms with Gasteiger partial charge in [0.05, 0.1) is 30.7 Å². The fourth-order valence-corrected chi connectivity index (χ4v) is 5.17. The predicted molar refractivity (Wildman–Crippen MR) is 148 cm³/mol. The number of hydrogen-bond donors (Lipinski definition) is 2. The summed E-state index contributed by atoms with van der Waals surface area (Å²) in [5.74, 6) is 2.14. The molecule has 1 amide bonds. The normalized spacial score (nSPS) is 14.6. The number of aryl methyl sites for hydroxylation is 4. The van der Waals surface area contributed by atoms with Crippen molar-refractivity contribution in [2.45, 2.75) is 33.6 Å². The smallest absolute Gasteiger partial charge is 0.257 e. The van der Waals surface area contributed by atoms with Crippen LogP contribution >= 0.6 is 0 Å². The summed E-state index contributed by atoms with van der Waals surface area (Å²) in [5, 5.41) is 6.46. The molecule has 0 atom stereocenters. The van der Waals surface area contributed by atoms with E-state index in [1.165, 1.54) is 0 Å². The fraction of sp³-hybridized carbons (Fsp3) is 0.310. The molecule has 6 rings (SSSR count). The first-order valence-corrected chi connectivity index (χ1v) is 13.0. The van der Waals surface area contributed by atoms with Crippen LogP contribution in [-0.2, 0) is 17.6 Å². The summed E-state index contributed by atoms with van der Waals surface area (Å²) < 4.78 is 7.46. The number of nitrogens with zero attached hydrogens (tertiary/aromatic N) is 5. The second-order valence-electron chi connectivity index (χ2n) is 9.89. The molecule has 38 heavy (non-hydrogen) atoms. The van der Waals surface area contributed by atoms with Gasteiger partial charge in [-0.15, -0.1) is 0 Å². The highest BCUT2D eigenvalue weighted by Crippen LogP contribution is 2.29. The average molecular weight is 510 g/mol. The molecular weight excluding hydrogens is 478 g/mol. The molecule has 1 saturated heterocycles. The van der Waals surface area contributed by atoms with Crippen molar-refractivity contribution in [1.82, 2.24) is 19.5 Å². The zero-order chi connectivity index (χ0) is 26.2. The first-order chi connectivity index (χ1) is 18.5. The van der Waals surface area contributed by atoms with Crippen LogP contribution in [0.1, 0.15) is 38.3 Å². The molecular formula is C29H31N7O2. The maximum atomic E-state index is 13.3. The third-order valence-corrected chi connectivity index (χ3v) is 7.34. The van der Waals surface area contributed by atoms with Crippen LogP contribution < -0.4 is 15.5 Å². The van der Waals surface area contributed by atoms with Crippen molar-refractivity contribution in [2.75, 3.05) is 41.8 Å². The number of hydrogen-bond acceptors (Lipinski definition) is 7. The Kier molecular flexibility index (Phi) is 6.29. The van der Waals surface area contributed by atoms with Crippen molar-refractivity contribution in [3.05, 3.63) is 82.4 Å². The molecule has 9 heteroatoms. The van der Waals surface area contributed by atoms with Crippen LogP contribution in [0.15, 0.2) is 48.9 Å². The highest BCUT2D eigenvalue weighted by atomic mass is 16.5. The number of rotatable bonds is 5. The Balaban J connectivity index is 1.24. The van der Waals surface area contributed by atoms with Crippen LogP contribution in [0.3, 0.4) is 0 Å². The summed E-state index contributed by atoms with van der Waals surface area (Å²) in [4.78, 5) is 29.6. The van der Waals surface area contributed by atoms with Gasteiger partial charge in [-0.1, -0.05) is 18.2 Å². The summed E-state index contributed by atoms with van der Waals surface area (Å²) in [7, 11) is 0. The quantitative estimate of drug-likeness (QED) is 0.408. The topological polar surface area (TPSA) is 97.2 Å². The first-order valence-electron chi connectivity index (χ1n) is 13.0. The molecule has 0 aliphatic carbocycles. The van der Waals surface area contributed by atoms with E-state index in [0.29, 0.717) is 11.5 Å². The molecule has 1 fully saturated rings. The monoisotopic (exact) mass is 509 g/mol. The molecule has 9 nitrogen and oxygen atoms in total. The van der Waals surface area contributed by atoms with Gasteiger partial charge < -0.3 is 24.8 Å². The molecule has 1 aromatic carbocycles. The lowest BCUT2D eigenvalue weighted by molar-refractivity contribution is 0.102. The lowest BCUT2D eigenvalue weighted by Crippen LogP contribution is -2.36. The van der Waals surface area contributed by atoms with E-state index in [0.717, 1.165) is 90.1 Å². The summed E-state index contributed by atoms with van der Waals surface area (Å²) in [5.41, 5.74) is 7.56. The van der Waals surface area contributed by atoms with Gasteiger partial charge in [-0.25, -0.2) is 9.97 Å². The molecule has 0 unspecified atom stereocenters. The fourth-order valence-electron chi connectivity index (χ4n) is 5.17. The zero-order valence-corrected chi connectivity index (χ0v) is 21.9. The van der Waals surface area contributed by atoms with Crippen molar-refractivity contribution in [1.29, 1.82) is 0 Å². The van der Waals surface area contributed by atoms with Gasteiger partial charge in [0, 0.05) is 42.4 Å². The number of nitrogens with one attached hydrogen (secondary N) is 2. The number of ether oxygens (including phenoxy) is 1. The first kappa shape index (κ1) is 24.1. The van der Waals surface area contributed by atoms with Gasteiger partial charge >= 0.3 is 0 Å². The Bertz CT molecular complexity index is 1500. The molecule has 2 N–H and O–H groups in total. The molecule has 0 spiro atoms. The summed E-state index contributed by atoms with van der Waals surface area (Å²) in [6, 6.07) is 9.97. The molecule has 2 aliphatic rings. The number of anilines is 4. The summed E-state index contributed by atoms with van der Waals surface area (Å²) >= 11 is 0. The number of amides is 1. The molecule has 3 aromatic heterocycles. The number of pyridine rings is 1. The maximum absolute atomic E-state index is 13.3. The third kappa shape index (κ3) is 4.50. The second kappa shape index (κ2) is 9.90. The van der Waals surface area contributed by atoms with E-state index >= 15 is 0 Å². The molecule has 5 heterocycles. The largest absolute Gasteiger partial charge is 0.378 e. The van der Waals surface area contributed by atoms with Gasteiger partial charge in [0.1, 0.15) is 11.6 Å². The number of morpholine rings is 1. The van der Waals surface area contributed by atoms with Crippen molar-refractivity contribution in [2.24, 2.45) is 0 Å². The van der Waals surface area contributed by atoms with Crippen molar-refractivity contribution in [3.63, 3.8) is 0 Å². The van der Waals surface area contributed by atoms with Crippen LogP contribution in [0.4, 0.5) is 23.1 Å². The Morgan fingerprint density at radius 1 is 0.974 bits per heavy atom. The second-order valence-corrected chi connectivity index (χ2v) is 9.89. The summed E-state index contributed by atoms with van der Waals surface area (Å²) in [6.07, 6.45) is 7.15. The highest BCUT2D eigenvalue weighted by molar-refractivity contribution is 6.06. The molecule has 0 bridgehead atoms. The van der Waals surface area contributed by atoms with E-state index in [1.807, 2.05) is 61.3 Å². The maximum Gasteiger partial charge on any atom is 0.257 e. The van der Waals surface area contributed by atoms with Gasteiger partial charge in [-0.05, 0) is 62.4 Å². The van der Waals surface area contributed by atoms with Crippen molar-refractivity contribution < 1.29 is 9.53 Å². The Morgan fingerprint density at radius 2 is 1.76 bits per heavy atom. The summed E-state index contributed by atoms with van der Waals surface area (Å²) in [6.45, 7) is 9.20. The van der Waals surface area contributed by atoms with E-state index in [2.05, 4.69) is 38.5 Å². The van der Waals surface area contributed by atoms with Crippen LogP contribution in [0, 0.1) is 20.8 Å². The predicted octanol–water partition coefficient (Wildman–Crippen LogP) is 4.52. The van der Waals surface area contributed by atoms with E-state index in [-0.39, 0.29) is 5.91 Å². The lowest BCUT2D eigenvalue weighted by Gasteiger charge is -2.28. The van der Waals surface area contributed by atoms with Crippen molar-refractivity contribution >= 4 is 29.0 Å². The number of benzene rings is 1. The van der Waals surface area contributed by atoms with Crippen LogP contribution in [0.2, 0.25) is 0 Å². The van der Waals surface area contributed by atoms with Gasteiger partial charge in [0.25, 0.3) is 5.91 Å². The molecule has 2 aliphatic heterocycles. The SMILES string of the molecule is Cc1cc(N2CCOCC2)ncc1Nc1ncc2c(n1)-n1ccc(C(=O)Nc3c(C)cccc3C)c1CC2. The Morgan fingerprint density at radius 3 is 2.53 bits per heavy atom. The van der Waals surface area contributed by atoms with E-state index in [1.54, 1.807) is 0 Å². The molecule has 194 valence electrons.